The van der Waals surface area contributed by atoms with E-state index in [0.29, 0.717) is 0 Å². The van der Waals surface area contributed by atoms with E-state index in [9.17, 15) is 19.8 Å². The van der Waals surface area contributed by atoms with Gasteiger partial charge in [0.15, 0.2) is 11.5 Å². The quantitative estimate of drug-likeness (QED) is 0.691. The molecule has 0 spiro atoms. The lowest BCUT2D eigenvalue weighted by molar-refractivity contribution is 0.0528. The van der Waals surface area contributed by atoms with E-state index in [1.54, 1.807) is 0 Å². The lowest BCUT2D eigenvalue weighted by Gasteiger charge is -2.12. The Morgan fingerprint density at radius 3 is 2.60 bits per heavy atom. The monoisotopic (exact) mass is 275 g/mol. The standard InChI is InChI=1S/C13H9NO6/c14-5-9(16)12(17)6-1-2-10-7(3-6)8(15)4-11(20-10)13(18)19/h1-4,9,12,16-17H,(H,18,19). The summed E-state index contributed by atoms with van der Waals surface area (Å²) >= 11 is 0. The number of fused-ring (bicyclic) bond motifs is 1. The molecule has 1 aromatic heterocycles. The van der Waals surface area contributed by atoms with Crippen LogP contribution < -0.4 is 5.43 Å². The van der Waals surface area contributed by atoms with Crippen molar-refractivity contribution < 1.29 is 24.5 Å². The molecule has 102 valence electrons. The van der Waals surface area contributed by atoms with Gasteiger partial charge >= 0.3 is 5.97 Å². The molecular weight excluding hydrogens is 266 g/mol. The zero-order valence-corrected chi connectivity index (χ0v) is 9.98. The first-order chi connectivity index (χ1) is 9.43. The Morgan fingerprint density at radius 1 is 1.30 bits per heavy atom. The van der Waals surface area contributed by atoms with Crippen LogP contribution in [0.5, 0.6) is 0 Å². The van der Waals surface area contributed by atoms with Crippen molar-refractivity contribution in [2.24, 2.45) is 0 Å². The summed E-state index contributed by atoms with van der Waals surface area (Å²) in [5.41, 5.74) is -0.400. The number of hydrogen-bond donors (Lipinski definition) is 3. The van der Waals surface area contributed by atoms with Gasteiger partial charge in [0.2, 0.25) is 5.76 Å². The molecule has 2 rings (SSSR count). The molecule has 1 heterocycles. The van der Waals surface area contributed by atoms with Crippen molar-refractivity contribution >= 4 is 16.9 Å². The topological polar surface area (TPSA) is 132 Å². The van der Waals surface area contributed by atoms with Gasteiger partial charge in [-0.25, -0.2) is 4.79 Å². The number of rotatable bonds is 3. The van der Waals surface area contributed by atoms with Crippen LogP contribution in [0.15, 0.2) is 33.5 Å². The molecule has 20 heavy (non-hydrogen) atoms. The number of nitriles is 1. The maximum Gasteiger partial charge on any atom is 0.371 e. The van der Waals surface area contributed by atoms with Gasteiger partial charge in [-0.15, -0.1) is 0 Å². The third-order valence-corrected chi connectivity index (χ3v) is 2.73. The average Bonchev–Trinajstić information content (AvgIpc) is 2.45. The number of hydrogen-bond acceptors (Lipinski definition) is 6. The van der Waals surface area contributed by atoms with Crippen LogP contribution in [-0.2, 0) is 0 Å². The highest BCUT2D eigenvalue weighted by atomic mass is 16.4. The Morgan fingerprint density at radius 2 is 2.00 bits per heavy atom. The van der Waals surface area contributed by atoms with Crippen LogP contribution in [0, 0.1) is 11.3 Å². The van der Waals surface area contributed by atoms with Crippen LogP contribution in [0.2, 0.25) is 0 Å². The van der Waals surface area contributed by atoms with Crippen LogP contribution in [0.4, 0.5) is 0 Å². The minimum atomic E-state index is -1.63. The van der Waals surface area contributed by atoms with Crippen LogP contribution in [0.25, 0.3) is 11.0 Å². The molecule has 2 unspecified atom stereocenters. The zero-order chi connectivity index (χ0) is 14.9. The average molecular weight is 275 g/mol. The van der Waals surface area contributed by atoms with Crippen molar-refractivity contribution in [1.29, 1.82) is 5.26 Å². The summed E-state index contributed by atoms with van der Waals surface area (Å²) in [7, 11) is 0. The van der Waals surface area contributed by atoms with Gasteiger partial charge in [0.25, 0.3) is 0 Å². The van der Waals surface area contributed by atoms with E-state index in [2.05, 4.69) is 0 Å². The van der Waals surface area contributed by atoms with E-state index in [0.717, 1.165) is 6.07 Å². The molecule has 0 amide bonds. The maximum atomic E-state index is 11.8. The highest BCUT2D eigenvalue weighted by Crippen LogP contribution is 2.21. The lowest BCUT2D eigenvalue weighted by atomic mass is 10.0. The van der Waals surface area contributed by atoms with E-state index in [-0.39, 0.29) is 16.5 Å². The molecule has 7 heteroatoms. The molecule has 0 saturated carbocycles. The summed E-state index contributed by atoms with van der Waals surface area (Å²) in [5.74, 6) is -1.86. The van der Waals surface area contributed by atoms with Gasteiger partial charge in [-0.2, -0.15) is 5.26 Å². The van der Waals surface area contributed by atoms with Gasteiger partial charge < -0.3 is 19.7 Å². The molecule has 0 fully saturated rings. The summed E-state index contributed by atoms with van der Waals surface area (Å²) < 4.78 is 5.02. The van der Waals surface area contributed by atoms with Gasteiger partial charge in [0.05, 0.1) is 11.5 Å². The fourth-order valence-electron chi connectivity index (χ4n) is 1.72. The van der Waals surface area contributed by atoms with E-state index >= 15 is 0 Å². The number of aliphatic hydroxyl groups excluding tert-OH is 2. The molecule has 0 saturated heterocycles. The van der Waals surface area contributed by atoms with E-state index in [4.69, 9.17) is 14.8 Å². The fraction of sp³-hybridized carbons (Fsp3) is 0.154. The number of benzene rings is 1. The van der Waals surface area contributed by atoms with Crippen molar-refractivity contribution in [3.8, 4) is 6.07 Å². The number of aromatic carboxylic acids is 1. The fourth-order valence-corrected chi connectivity index (χ4v) is 1.72. The first kappa shape index (κ1) is 13.7. The third kappa shape index (κ3) is 2.38. The smallest absolute Gasteiger partial charge is 0.371 e. The largest absolute Gasteiger partial charge is 0.475 e. The van der Waals surface area contributed by atoms with E-state index < -0.39 is 29.4 Å². The Balaban J connectivity index is 2.59. The number of carboxylic acids is 1. The maximum absolute atomic E-state index is 11.8. The third-order valence-electron chi connectivity index (χ3n) is 2.73. The van der Waals surface area contributed by atoms with Crippen LogP contribution in [0.1, 0.15) is 22.2 Å². The summed E-state index contributed by atoms with van der Waals surface area (Å²) in [4.78, 5) is 22.5. The number of aliphatic hydroxyl groups is 2. The second-order valence-electron chi connectivity index (χ2n) is 4.05. The number of nitrogens with zero attached hydrogens (tertiary/aromatic N) is 1. The zero-order valence-electron chi connectivity index (χ0n) is 9.98. The Labute approximate surface area is 111 Å². The number of carboxylic acid groups (broad SMARTS) is 1. The van der Waals surface area contributed by atoms with Crippen molar-refractivity contribution in [3.63, 3.8) is 0 Å². The van der Waals surface area contributed by atoms with Gasteiger partial charge in [0, 0.05) is 6.07 Å². The molecule has 7 nitrogen and oxygen atoms in total. The van der Waals surface area contributed by atoms with Crippen molar-refractivity contribution in [2.75, 3.05) is 0 Å². The second-order valence-corrected chi connectivity index (χ2v) is 4.05. The number of carbonyl (C=O) groups is 1. The van der Waals surface area contributed by atoms with Crippen LogP contribution in [0.3, 0.4) is 0 Å². The van der Waals surface area contributed by atoms with Gasteiger partial charge in [-0.05, 0) is 17.7 Å². The molecule has 0 aliphatic rings. The molecular formula is C13H9NO6. The van der Waals surface area contributed by atoms with Crippen molar-refractivity contribution in [2.45, 2.75) is 12.2 Å². The minimum absolute atomic E-state index is 0.0392. The summed E-state index contributed by atoms with van der Waals surface area (Å²) in [6.45, 7) is 0. The Bertz CT molecular complexity index is 773. The molecule has 0 bridgehead atoms. The highest BCUT2D eigenvalue weighted by Gasteiger charge is 2.19. The normalized spacial score (nSPS) is 13.7. The molecule has 3 N–H and O–H groups in total. The molecule has 0 aliphatic carbocycles. The second kappa shape index (κ2) is 5.13. The molecule has 1 aromatic carbocycles. The van der Waals surface area contributed by atoms with Crippen molar-refractivity contribution in [1.82, 2.24) is 0 Å². The summed E-state index contributed by atoms with van der Waals surface area (Å²) in [6.07, 6.45) is -3.10. The van der Waals surface area contributed by atoms with Crippen LogP contribution in [-0.4, -0.2) is 27.4 Å². The lowest BCUT2D eigenvalue weighted by Crippen LogP contribution is -2.16. The van der Waals surface area contributed by atoms with Gasteiger partial charge in [-0.3, -0.25) is 4.79 Å². The SMILES string of the molecule is N#CC(O)C(O)c1ccc2oc(C(=O)O)cc(=O)c2c1. The first-order valence-electron chi connectivity index (χ1n) is 5.51. The molecule has 0 aliphatic heterocycles. The van der Waals surface area contributed by atoms with Crippen molar-refractivity contribution in [3.05, 3.63) is 45.8 Å². The molecule has 2 aromatic rings. The van der Waals surface area contributed by atoms with E-state index in [1.807, 2.05) is 0 Å². The van der Waals surface area contributed by atoms with Gasteiger partial charge in [-0.1, -0.05) is 6.07 Å². The highest BCUT2D eigenvalue weighted by molar-refractivity contribution is 5.87. The van der Waals surface area contributed by atoms with Crippen LogP contribution >= 0.6 is 0 Å². The molecule has 2 atom stereocenters. The summed E-state index contributed by atoms with van der Waals surface area (Å²) in [5, 5.41) is 36.3. The Kier molecular flexibility index (Phi) is 3.52. The Hall–Kier alpha value is -2.69. The molecule has 0 radical (unpaired) electrons. The van der Waals surface area contributed by atoms with Gasteiger partial charge in [0.1, 0.15) is 11.7 Å². The van der Waals surface area contributed by atoms with E-state index in [1.165, 1.54) is 24.3 Å². The predicted octanol–water partition coefficient (Wildman–Crippen LogP) is 0.409. The minimum Gasteiger partial charge on any atom is -0.475 e. The predicted molar refractivity (Wildman–Crippen MR) is 66.0 cm³/mol. The first-order valence-corrected chi connectivity index (χ1v) is 5.51. The summed E-state index contributed by atoms with van der Waals surface area (Å²) in [6, 6.07) is 6.18.